The lowest BCUT2D eigenvalue weighted by molar-refractivity contribution is 0.0662. The minimum atomic E-state index is -0.873. The molecule has 0 saturated carbocycles. The Morgan fingerprint density at radius 1 is 1.08 bits per heavy atom. The van der Waals surface area contributed by atoms with Crippen molar-refractivity contribution in [1.29, 1.82) is 0 Å². The highest BCUT2D eigenvalue weighted by Crippen LogP contribution is 2.37. The number of carboxylic acid groups (broad SMARTS) is 1. The van der Waals surface area contributed by atoms with Crippen LogP contribution < -0.4 is 10.6 Å². The minimum Gasteiger partial charge on any atom is -0.465 e. The van der Waals surface area contributed by atoms with Crippen LogP contribution in [0.25, 0.3) is 28.0 Å². The van der Waals surface area contributed by atoms with Gasteiger partial charge in [0.15, 0.2) is 5.82 Å². The van der Waals surface area contributed by atoms with E-state index in [1.807, 2.05) is 27.4 Å². The van der Waals surface area contributed by atoms with Crippen LogP contribution in [0.5, 0.6) is 0 Å². The van der Waals surface area contributed by atoms with Crippen LogP contribution in [0.1, 0.15) is 18.9 Å². The van der Waals surface area contributed by atoms with Gasteiger partial charge in [-0.2, -0.15) is 5.10 Å². The van der Waals surface area contributed by atoms with E-state index < -0.39 is 6.09 Å². The lowest BCUT2D eigenvalue weighted by Crippen LogP contribution is -2.48. The fourth-order valence-electron chi connectivity index (χ4n) is 5.12. The first-order valence-electron chi connectivity index (χ1n) is 12.0. The number of anilines is 2. The van der Waals surface area contributed by atoms with E-state index in [1.165, 1.54) is 11.2 Å². The van der Waals surface area contributed by atoms with Crippen LogP contribution in [-0.2, 0) is 4.74 Å². The Kier molecular flexibility index (Phi) is 5.64. The van der Waals surface area contributed by atoms with Gasteiger partial charge in [-0.05, 0) is 31.0 Å². The monoisotopic (exact) mass is 489 g/mol. The SMILES string of the molecule is Nc1ncnn2c(-c3cccc(N4CCN(C(=O)O)CC4)c3)cc(-c3cnnn3C3CCOCC3)c12. The van der Waals surface area contributed by atoms with Crippen LogP contribution in [0.3, 0.4) is 0 Å². The number of benzene rings is 1. The summed E-state index contributed by atoms with van der Waals surface area (Å²) in [6.07, 6.45) is 4.09. The van der Waals surface area contributed by atoms with Gasteiger partial charge < -0.3 is 25.4 Å². The first-order valence-corrected chi connectivity index (χ1v) is 12.0. The normalized spacial score (nSPS) is 17.1. The molecule has 2 aliphatic heterocycles. The van der Waals surface area contributed by atoms with Crippen molar-refractivity contribution in [2.75, 3.05) is 50.0 Å². The number of hydrogen-bond acceptors (Lipinski definition) is 8. The van der Waals surface area contributed by atoms with E-state index >= 15 is 0 Å². The molecular weight excluding hydrogens is 462 g/mol. The van der Waals surface area contributed by atoms with Crippen molar-refractivity contribution in [3.05, 3.63) is 42.9 Å². The van der Waals surface area contributed by atoms with Crippen molar-refractivity contribution in [2.24, 2.45) is 0 Å². The van der Waals surface area contributed by atoms with Crippen molar-refractivity contribution in [2.45, 2.75) is 18.9 Å². The summed E-state index contributed by atoms with van der Waals surface area (Å²) in [5.41, 5.74) is 11.7. The fourth-order valence-corrected chi connectivity index (χ4v) is 5.12. The molecule has 6 rings (SSSR count). The molecule has 4 aromatic rings. The Morgan fingerprint density at radius 3 is 2.67 bits per heavy atom. The number of aromatic nitrogens is 6. The first kappa shape index (κ1) is 22.3. The van der Waals surface area contributed by atoms with Gasteiger partial charge in [-0.15, -0.1) is 5.10 Å². The third-order valence-electron chi connectivity index (χ3n) is 7.03. The van der Waals surface area contributed by atoms with E-state index in [0.717, 1.165) is 41.0 Å². The lowest BCUT2D eigenvalue weighted by atomic mass is 10.1. The first-order chi connectivity index (χ1) is 17.6. The lowest BCUT2D eigenvalue weighted by Gasteiger charge is -2.34. The number of carbonyl (C=O) groups is 1. The molecule has 0 atom stereocenters. The summed E-state index contributed by atoms with van der Waals surface area (Å²) < 4.78 is 9.32. The van der Waals surface area contributed by atoms with Crippen molar-refractivity contribution in [1.82, 2.24) is 34.5 Å². The summed E-state index contributed by atoms with van der Waals surface area (Å²) in [6.45, 7) is 3.63. The Bertz CT molecular complexity index is 1400. The standard InChI is InChI=1S/C24H27N9O3/c25-23-22-19(21-14-27-29-32(21)17-4-10-36-11-5-17)13-20(33(22)28-15-26-23)16-2-1-3-18(12-16)30-6-8-31(9-7-30)24(34)35/h1-3,12-15,17H,4-11H2,(H,34,35)(H2,25,26,28). The highest BCUT2D eigenvalue weighted by Gasteiger charge is 2.25. The highest BCUT2D eigenvalue weighted by molar-refractivity contribution is 5.91. The zero-order chi connectivity index (χ0) is 24.6. The third kappa shape index (κ3) is 3.88. The number of fused-ring (bicyclic) bond motifs is 1. The van der Waals surface area contributed by atoms with Crippen molar-refractivity contribution in [3.8, 4) is 22.5 Å². The van der Waals surface area contributed by atoms with Crippen molar-refractivity contribution < 1.29 is 14.6 Å². The van der Waals surface area contributed by atoms with Crippen LogP contribution >= 0.6 is 0 Å². The number of hydrogen-bond donors (Lipinski definition) is 2. The van der Waals surface area contributed by atoms with Gasteiger partial charge in [0.25, 0.3) is 0 Å². The van der Waals surface area contributed by atoms with E-state index in [-0.39, 0.29) is 6.04 Å². The van der Waals surface area contributed by atoms with E-state index in [1.54, 1.807) is 6.20 Å². The second kappa shape index (κ2) is 9.11. The molecule has 2 saturated heterocycles. The molecule has 12 heteroatoms. The van der Waals surface area contributed by atoms with Crippen LogP contribution in [-0.4, -0.2) is 85.1 Å². The van der Waals surface area contributed by atoms with Crippen LogP contribution in [0.15, 0.2) is 42.9 Å². The minimum absolute atomic E-state index is 0.202. The molecule has 3 aromatic heterocycles. The highest BCUT2D eigenvalue weighted by atomic mass is 16.5. The molecule has 0 unspecified atom stereocenters. The molecule has 2 aliphatic rings. The molecule has 0 aliphatic carbocycles. The van der Waals surface area contributed by atoms with Crippen molar-refractivity contribution >= 4 is 23.1 Å². The Balaban J connectivity index is 1.40. The molecule has 0 bridgehead atoms. The number of nitrogen functional groups attached to an aromatic ring is 1. The summed E-state index contributed by atoms with van der Waals surface area (Å²) >= 11 is 0. The van der Waals surface area contributed by atoms with Gasteiger partial charge >= 0.3 is 6.09 Å². The Hall–Kier alpha value is -4.19. The molecule has 3 N–H and O–H groups in total. The molecule has 2 fully saturated rings. The van der Waals surface area contributed by atoms with Gasteiger partial charge in [-0.3, -0.25) is 0 Å². The summed E-state index contributed by atoms with van der Waals surface area (Å²) in [6, 6.07) is 10.5. The largest absolute Gasteiger partial charge is 0.465 e. The molecule has 36 heavy (non-hydrogen) atoms. The maximum atomic E-state index is 11.3. The van der Waals surface area contributed by atoms with Crippen LogP contribution in [0, 0.1) is 0 Å². The van der Waals surface area contributed by atoms with Gasteiger partial charge in [0, 0.05) is 56.2 Å². The van der Waals surface area contributed by atoms with Crippen LogP contribution in [0.2, 0.25) is 0 Å². The average Bonchev–Trinajstić information content (AvgIpc) is 3.55. The van der Waals surface area contributed by atoms with E-state index in [9.17, 15) is 9.90 Å². The number of nitrogens with two attached hydrogens (primary N) is 1. The summed E-state index contributed by atoms with van der Waals surface area (Å²) in [5.74, 6) is 0.381. The second-order valence-corrected chi connectivity index (χ2v) is 9.06. The Labute approximate surface area is 206 Å². The van der Waals surface area contributed by atoms with E-state index in [0.29, 0.717) is 50.7 Å². The van der Waals surface area contributed by atoms with Crippen molar-refractivity contribution in [3.63, 3.8) is 0 Å². The number of ether oxygens (including phenoxy) is 1. The number of nitrogens with zero attached hydrogens (tertiary/aromatic N) is 8. The van der Waals surface area contributed by atoms with Gasteiger partial charge in [0.2, 0.25) is 0 Å². The summed E-state index contributed by atoms with van der Waals surface area (Å²) in [7, 11) is 0. The number of amides is 1. The van der Waals surface area contributed by atoms with Gasteiger partial charge in [-0.25, -0.2) is 19.0 Å². The summed E-state index contributed by atoms with van der Waals surface area (Å²) in [5, 5.41) is 22.4. The molecule has 5 heterocycles. The maximum Gasteiger partial charge on any atom is 0.407 e. The van der Waals surface area contributed by atoms with Gasteiger partial charge in [0.05, 0.1) is 23.6 Å². The quantitative estimate of drug-likeness (QED) is 0.442. The molecular formula is C24H27N9O3. The predicted molar refractivity (Wildman–Crippen MR) is 133 cm³/mol. The fraction of sp³-hybridized carbons (Fsp3) is 0.375. The molecule has 12 nitrogen and oxygen atoms in total. The Morgan fingerprint density at radius 2 is 1.89 bits per heavy atom. The second-order valence-electron chi connectivity index (χ2n) is 9.06. The summed E-state index contributed by atoms with van der Waals surface area (Å²) in [4.78, 5) is 19.2. The maximum absolute atomic E-state index is 11.3. The molecule has 0 spiro atoms. The van der Waals surface area contributed by atoms with E-state index in [2.05, 4.69) is 37.4 Å². The molecule has 1 aromatic carbocycles. The number of rotatable bonds is 4. The number of piperazine rings is 1. The predicted octanol–water partition coefficient (Wildman–Crippen LogP) is 2.39. The van der Waals surface area contributed by atoms with E-state index in [4.69, 9.17) is 10.5 Å². The zero-order valence-corrected chi connectivity index (χ0v) is 19.7. The third-order valence-corrected chi connectivity index (χ3v) is 7.03. The van der Waals surface area contributed by atoms with Crippen LogP contribution in [0.4, 0.5) is 16.3 Å². The molecule has 186 valence electrons. The van der Waals surface area contributed by atoms with Gasteiger partial charge in [0.1, 0.15) is 11.8 Å². The smallest absolute Gasteiger partial charge is 0.407 e. The average molecular weight is 490 g/mol. The van der Waals surface area contributed by atoms with Gasteiger partial charge in [-0.1, -0.05) is 17.3 Å². The molecule has 0 radical (unpaired) electrons. The topological polar surface area (TPSA) is 140 Å². The molecule has 1 amide bonds. The zero-order valence-electron chi connectivity index (χ0n) is 19.7.